The summed E-state index contributed by atoms with van der Waals surface area (Å²) in [5.74, 6) is 0. The van der Waals surface area contributed by atoms with E-state index in [4.69, 9.17) is 28.9 Å². The minimum Gasteiger partial charge on any atom is -0.398 e. The molecule has 2 nitrogen and oxygen atoms in total. The second kappa shape index (κ2) is 4.09. The zero-order valence-electron chi connectivity index (χ0n) is 7.74. The van der Waals surface area contributed by atoms with Crippen molar-refractivity contribution in [2.45, 2.75) is 0 Å². The number of nitrogen functional groups attached to an aromatic ring is 1. The van der Waals surface area contributed by atoms with E-state index in [0.717, 1.165) is 5.56 Å². The molecule has 0 atom stereocenters. The SMILES string of the molecule is Nc1ccccc1-c1ncc(Cl)cc1Cl. The molecular formula is C11H8Cl2N2. The number of hydrogen-bond acceptors (Lipinski definition) is 2. The third-order valence-electron chi connectivity index (χ3n) is 2.02. The molecule has 0 saturated heterocycles. The van der Waals surface area contributed by atoms with Crippen LogP contribution in [0, 0.1) is 0 Å². The summed E-state index contributed by atoms with van der Waals surface area (Å²) in [5.41, 5.74) is 7.95. The van der Waals surface area contributed by atoms with Crippen LogP contribution in [0.1, 0.15) is 0 Å². The van der Waals surface area contributed by atoms with E-state index in [9.17, 15) is 0 Å². The van der Waals surface area contributed by atoms with Gasteiger partial charge in [-0.15, -0.1) is 0 Å². The number of aromatic nitrogens is 1. The fourth-order valence-electron chi connectivity index (χ4n) is 1.33. The van der Waals surface area contributed by atoms with E-state index in [1.165, 1.54) is 0 Å². The summed E-state index contributed by atoms with van der Waals surface area (Å²) in [7, 11) is 0. The lowest BCUT2D eigenvalue weighted by atomic mass is 10.1. The highest BCUT2D eigenvalue weighted by molar-refractivity contribution is 6.36. The highest BCUT2D eigenvalue weighted by Crippen LogP contribution is 2.31. The Balaban J connectivity index is 2.60. The van der Waals surface area contributed by atoms with Gasteiger partial charge in [0.05, 0.1) is 15.7 Å². The van der Waals surface area contributed by atoms with Crippen LogP contribution in [0.5, 0.6) is 0 Å². The van der Waals surface area contributed by atoms with Gasteiger partial charge in [0.2, 0.25) is 0 Å². The van der Waals surface area contributed by atoms with Crippen molar-refractivity contribution < 1.29 is 0 Å². The van der Waals surface area contributed by atoms with Gasteiger partial charge in [0.15, 0.2) is 0 Å². The van der Waals surface area contributed by atoms with Crippen molar-refractivity contribution in [2.24, 2.45) is 0 Å². The topological polar surface area (TPSA) is 38.9 Å². The van der Waals surface area contributed by atoms with Crippen molar-refractivity contribution in [3.63, 3.8) is 0 Å². The summed E-state index contributed by atoms with van der Waals surface area (Å²) in [5, 5.41) is 1.01. The van der Waals surface area contributed by atoms with Gasteiger partial charge < -0.3 is 5.73 Å². The number of para-hydroxylation sites is 1. The molecule has 2 N–H and O–H groups in total. The van der Waals surface area contributed by atoms with Crippen LogP contribution in [0.4, 0.5) is 5.69 Å². The number of nitrogens with two attached hydrogens (primary N) is 1. The molecule has 4 heteroatoms. The minimum atomic E-state index is 0.500. The Kier molecular flexibility index (Phi) is 2.80. The van der Waals surface area contributed by atoms with E-state index >= 15 is 0 Å². The summed E-state index contributed by atoms with van der Waals surface area (Å²) < 4.78 is 0. The quantitative estimate of drug-likeness (QED) is 0.771. The molecule has 0 bridgehead atoms. The molecule has 0 amide bonds. The molecule has 0 aliphatic carbocycles. The molecule has 0 fully saturated rings. The minimum absolute atomic E-state index is 0.500. The van der Waals surface area contributed by atoms with Crippen molar-refractivity contribution >= 4 is 28.9 Å². The molecule has 1 heterocycles. The summed E-state index contributed by atoms with van der Waals surface area (Å²) in [6.45, 7) is 0. The van der Waals surface area contributed by atoms with E-state index in [0.29, 0.717) is 21.4 Å². The number of hydrogen-bond donors (Lipinski definition) is 1. The van der Waals surface area contributed by atoms with Gasteiger partial charge in [0.25, 0.3) is 0 Å². The molecule has 1 aromatic carbocycles. The molecule has 0 radical (unpaired) electrons. The van der Waals surface area contributed by atoms with Gasteiger partial charge in [-0.2, -0.15) is 0 Å². The highest BCUT2D eigenvalue weighted by Gasteiger charge is 2.08. The molecule has 2 aromatic rings. The molecule has 76 valence electrons. The van der Waals surface area contributed by atoms with Crippen molar-refractivity contribution in [3.05, 3.63) is 46.6 Å². The predicted octanol–water partition coefficient (Wildman–Crippen LogP) is 3.64. The van der Waals surface area contributed by atoms with Crippen LogP contribution in [0.2, 0.25) is 10.0 Å². The fourth-order valence-corrected chi connectivity index (χ4v) is 1.81. The molecule has 0 aliphatic heterocycles. The van der Waals surface area contributed by atoms with E-state index in [-0.39, 0.29) is 0 Å². The smallest absolute Gasteiger partial charge is 0.0909 e. The number of anilines is 1. The molecule has 0 saturated carbocycles. The van der Waals surface area contributed by atoms with Crippen molar-refractivity contribution in [3.8, 4) is 11.3 Å². The Morgan fingerprint density at radius 3 is 2.53 bits per heavy atom. The van der Waals surface area contributed by atoms with E-state index in [1.807, 2.05) is 24.3 Å². The summed E-state index contributed by atoms with van der Waals surface area (Å²) in [4.78, 5) is 4.16. The maximum atomic E-state index is 6.03. The number of rotatable bonds is 1. The predicted molar refractivity (Wildman–Crippen MR) is 64.1 cm³/mol. The highest BCUT2D eigenvalue weighted by atomic mass is 35.5. The Hall–Kier alpha value is -1.25. The Labute approximate surface area is 97.7 Å². The van der Waals surface area contributed by atoms with E-state index in [2.05, 4.69) is 4.98 Å². The molecule has 15 heavy (non-hydrogen) atoms. The van der Waals surface area contributed by atoms with Gasteiger partial charge in [-0.3, -0.25) is 4.98 Å². The monoisotopic (exact) mass is 238 g/mol. The second-order valence-electron chi connectivity index (χ2n) is 3.07. The van der Waals surface area contributed by atoms with Crippen LogP contribution < -0.4 is 5.73 Å². The maximum absolute atomic E-state index is 6.03. The summed E-state index contributed by atoms with van der Waals surface area (Å²) in [6, 6.07) is 9.08. The normalized spacial score (nSPS) is 10.3. The maximum Gasteiger partial charge on any atom is 0.0909 e. The number of halogens is 2. The first-order valence-corrected chi connectivity index (χ1v) is 5.10. The zero-order valence-corrected chi connectivity index (χ0v) is 9.26. The first kappa shape index (κ1) is 10.3. The van der Waals surface area contributed by atoms with Crippen LogP contribution in [-0.2, 0) is 0 Å². The van der Waals surface area contributed by atoms with Crippen LogP contribution in [0.15, 0.2) is 36.5 Å². The fraction of sp³-hybridized carbons (Fsp3) is 0. The largest absolute Gasteiger partial charge is 0.398 e. The molecule has 0 aliphatic rings. The van der Waals surface area contributed by atoms with Crippen molar-refractivity contribution in [1.82, 2.24) is 4.98 Å². The van der Waals surface area contributed by atoms with Gasteiger partial charge in [-0.05, 0) is 12.1 Å². The summed E-state index contributed by atoms with van der Waals surface area (Å²) in [6.07, 6.45) is 1.55. The van der Waals surface area contributed by atoms with Gasteiger partial charge in [-0.1, -0.05) is 41.4 Å². The first-order valence-electron chi connectivity index (χ1n) is 4.34. The Bertz CT molecular complexity index is 498. The lowest BCUT2D eigenvalue weighted by Crippen LogP contribution is -1.92. The van der Waals surface area contributed by atoms with Gasteiger partial charge in [0, 0.05) is 17.4 Å². The Morgan fingerprint density at radius 2 is 1.87 bits per heavy atom. The Morgan fingerprint density at radius 1 is 1.13 bits per heavy atom. The second-order valence-corrected chi connectivity index (χ2v) is 3.91. The van der Waals surface area contributed by atoms with Crippen molar-refractivity contribution in [2.75, 3.05) is 5.73 Å². The van der Waals surface area contributed by atoms with Crippen molar-refractivity contribution in [1.29, 1.82) is 0 Å². The third kappa shape index (κ3) is 2.06. The zero-order chi connectivity index (χ0) is 10.8. The number of pyridine rings is 1. The summed E-state index contributed by atoms with van der Waals surface area (Å²) >= 11 is 11.8. The molecular weight excluding hydrogens is 231 g/mol. The molecule has 0 spiro atoms. The van der Waals surface area contributed by atoms with Crippen LogP contribution in [-0.4, -0.2) is 4.98 Å². The van der Waals surface area contributed by atoms with Crippen LogP contribution in [0.3, 0.4) is 0 Å². The van der Waals surface area contributed by atoms with Crippen LogP contribution in [0.25, 0.3) is 11.3 Å². The molecule has 1 aromatic heterocycles. The average Bonchev–Trinajstić information content (AvgIpc) is 2.20. The van der Waals surface area contributed by atoms with Gasteiger partial charge in [0.1, 0.15) is 0 Å². The lowest BCUT2D eigenvalue weighted by molar-refractivity contribution is 1.33. The van der Waals surface area contributed by atoms with Gasteiger partial charge >= 0.3 is 0 Å². The first-order chi connectivity index (χ1) is 7.18. The number of nitrogens with zero attached hydrogens (tertiary/aromatic N) is 1. The van der Waals surface area contributed by atoms with Crippen LogP contribution >= 0.6 is 23.2 Å². The lowest BCUT2D eigenvalue weighted by Gasteiger charge is -2.06. The van der Waals surface area contributed by atoms with Gasteiger partial charge in [-0.25, -0.2) is 0 Å². The molecule has 0 unspecified atom stereocenters. The average molecular weight is 239 g/mol. The van der Waals surface area contributed by atoms with E-state index < -0.39 is 0 Å². The van der Waals surface area contributed by atoms with E-state index in [1.54, 1.807) is 12.3 Å². The third-order valence-corrected chi connectivity index (χ3v) is 2.52. The molecule has 2 rings (SSSR count). The number of benzene rings is 1. The standard InChI is InChI=1S/C11H8Cl2N2/c12-7-5-9(13)11(15-6-7)8-3-1-2-4-10(8)14/h1-6H,14H2.